The lowest BCUT2D eigenvalue weighted by Gasteiger charge is -2.27. The minimum absolute atomic E-state index is 0.184. The number of nitrogens with one attached hydrogen (secondary N) is 2. The van der Waals surface area contributed by atoms with Gasteiger partial charge < -0.3 is 10.6 Å². The number of rotatable bonds is 7. The Kier molecular flexibility index (Phi) is 7.79. The van der Waals surface area contributed by atoms with Crippen molar-refractivity contribution >= 4 is 40.4 Å². The van der Waals surface area contributed by atoms with Crippen LogP contribution in [0.2, 0.25) is 5.02 Å². The number of carbonyl (C=O) groups is 1. The zero-order valence-corrected chi connectivity index (χ0v) is 19.8. The van der Waals surface area contributed by atoms with E-state index in [1.54, 1.807) is 23.5 Å². The number of nitrogens with zero attached hydrogens (tertiary/aromatic N) is 2. The first-order valence-electron chi connectivity index (χ1n) is 11.1. The van der Waals surface area contributed by atoms with E-state index in [1.807, 2.05) is 24.3 Å². The summed E-state index contributed by atoms with van der Waals surface area (Å²) in [6, 6.07) is 13.7. The zero-order chi connectivity index (χ0) is 22.3. The van der Waals surface area contributed by atoms with Gasteiger partial charge in [-0.3, -0.25) is 9.69 Å². The summed E-state index contributed by atoms with van der Waals surface area (Å²) in [6.07, 6.45) is 5.15. The number of pyridine rings is 1. The van der Waals surface area contributed by atoms with E-state index in [4.69, 9.17) is 11.6 Å². The molecule has 1 saturated heterocycles. The lowest BCUT2D eigenvalue weighted by atomic mass is 10.0. The Morgan fingerprint density at radius 3 is 2.94 bits per heavy atom. The SMILES string of the molecule is C[C@H](c1ccsc1)N1CCCC(CNc2cccc(C(=O)Nc3ccc(Cl)cn3)c2)CC1. The first-order chi connectivity index (χ1) is 15.6. The van der Waals surface area contributed by atoms with E-state index in [-0.39, 0.29) is 5.91 Å². The molecule has 0 radical (unpaired) electrons. The fourth-order valence-corrected chi connectivity index (χ4v) is 5.03. The van der Waals surface area contributed by atoms with Crippen molar-refractivity contribution in [1.82, 2.24) is 9.88 Å². The first kappa shape index (κ1) is 22.8. The number of likely N-dealkylation sites (tertiary alicyclic amines) is 1. The summed E-state index contributed by atoms with van der Waals surface area (Å²) >= 11 is 7.63. The Morgan fingerprint density at radius 1 is 1.25 bits per heavy atom. The number of benzene rings is 1. The highest BCUT2D eigenvalue weighted by Gasteiger charge is 2.21. The number of hydrogen-bond acceptors (Lipinski definition) is 5. The average Bonchev–Trinajstić information content (AvgIpc) is 3.25. The molecule has 5 nitrogen and oxygen atoms in total. The van der Waals surface area contributed by atoms with Gasteiger partial charge in [0.05, 0.1) is 5.02 Å². The normalized spacial score (nSPS) is 18.0. The Labute approximate surface area is 198 Å². The number of halogens is 1. The molecule has 1 aliphatic rings. The second-order valence-electron chi connectivity index (χ2n) is 8.34. The maximum absolute atomic E-state index is 12.6. The van der Waals surface area contributed by atoms with Gasteiger partial charge in [0, 0.05) is 30.0 Å². The lowest BCUT2D eigenvalue weighted by molar-refractivity contribution is 0.102. The van der Waals surface area contributed by atoms with Gasteiger partial charge in [0.1, 0.15) is 5.82 Å². The maximum Gasteiger partial charge on any atom is 0.256 e. The standard InChI is InChI=1S/C25H29ClN4OS/c1-18(21-10-13-32-17-21)30-11-3-4-19(9-12-30)15-27-23-6-2-5-20(14-23)25(31)29-24-8-7-22(26)16-28-24/h2,5-8,10,13-14,16-19,27H,3-4,9,11-12,15H2,1H3,(H,28,29,31)/t18-,19?/m1/s1. The molecule has 3 aromatic rings. The molecule has 0 saturated carbocycles. The Bertz CT molecular complexity index is 1010. The van der Waals surface area contributed by atoms with Crippen LogP contribution in [0.5, 0.6) is 0 Å². The monoisotopic (exact) mass is 468 g/mol. The minimum Gasteiger partial charge on any atom is -0.385 e. The molecule has 4 rings (SSSR count). The quantitative estimate of drug-likeness (QED) is 0.425. The van der Waals surface area contributed by atoms with Gasteiger partial charge in [-0.05, 0) is 97.9 Å². The molecule has 0 bridgehead atoms. The molecule has 1 unspecified atom stereocenters. The van der Waals surface area contributed by atoms with Crippen molar-refractivity contribution in [1.29, 1.82) is 0 Å². The molecule has 0 spiro atoms. The van der Waals surface area contributed by atoms with E-state index in [0.717, 1.165) is 25.3 Å². The Morgan fingerprint density at radius 2 is 2.16 bits per heavy atom. The molecule has 3 heterocycles. The third kappa shape index (κ3) is 6.09. The van der Waals surface area contributed by atoms with E-state index < -0.39 is 0 Å². The van der Waals surface area contributed by atoms with E-state index in [0.29, 0.717) is 28.4 Å². The van der Waals surface area contributed by atoms with E-state index in [9.17, 15) is 4.79 Å². The highest BCUT2D eigenvalue weighted by atomic mass is 35.5. The van der Waals surface area contributed by atoms with Crippen LogP contribution < -0.4 is 10.6 Å². The van der Waals surface area contributed by atoms with Gasteiger partial charge >= 0.3 is 0 Å². The number of aromatic nitrogens is 1. The third-order valence-corrected chi connectivity index (χ3v) is 7.07. The summed E-state index contributed by atoms with van der Waals surface area (Å²) in [6.45, 7) is 5.52. The molecule has 2 N–H and O–H groups in total. The minimum atomic E-state index is -0.184. The summed E-state index contributed by atoms with van der Waals surface area (Å²) < 4.78 is 0. The van der Waals surface area contributed by atoms with E-state index >= 15 is 0 Å². The lowest BCUT2D eigenvalue weighted by Crippen LogP contribution is -2.28. The Balaban J connectivity index is 1.29. The predicted molar refractivity (Wildman–Crippen MR) is 134 cm³/mol. The number of hydrogen-bond donors (Lipinski definition) is 2. The van der Waals surface area contributed by atoms with Gasteiger partial charge in [-0.1, -0.05) is 17.7 Å². The van der Waals surface area contributed by atoms with Crippen molar-refractivity contribution in [3.05, 3.63) is 75.6 Å². The van der Waals surface area contributed by atoms with Crippen LogP contribution in [-0.4, -0.2) is 35.4 Å². The summed E-state index contributed by atoms with van der Waals surface area (Å²) in [4.78, 5) is 19.3. The molecule has 0 aliphatic carbocycles. The average molecular weight is 469 g/mol. The van der Waals surface area contributed by atoms with Crippen molar-refractivity contribution in [3.8, 4) is 0 Å². The van der Waals surface area contributed by atoms with E-state index in [1.165, 1.54) is 31.0 Å². The van der Waals surface area contributed by atoms with Crippen molar-refractivity contribution in [3.63, 3.8) is 0 Å². The number of carbonyl (C=O) groups excluding carboxylic acids is 1. The zero-order valence-electron chi connectivity index (χ0n) is 18.3. The molecule has 2 atom stereocenters. The largest absolute Gasteiger partial charge is 0.385 e. The van der Waals surface area contributed by atoms with E-state index in [2.05, 4.69) is 44.3 Å². The fourth-order valence-electron chi connectivity index (χ4n) is 4.17. The van der Waals surface area contributed by atoms with Crippen LogP contribution >= 0.6 is 22.9 Å². The van der Waals surface area contributed by atoms with Crippen LogP contribution in [0.1, 0.15) is 48.1 Å². The topological polar surface area (TPSA) is 57.3 Å². The fraction of sp³-hybridized carbons (Fsp3) is 0.360. The molecular formula is C25H29ClN4OS. The van der Waals surface area contributed by atoms with Crippen LogP contribution in [0.3, 0.4) is 0 Å². The summed E-state index contributed by atoms with van der Waals surface area (Å²) in [7, 11) is 0. The second-order valence-corrected chi connectivity index (χ2v) is 9.56. The number of amides is 1. The van der Waals surface area contributed by atoms with Crippen molar-refractivity contribution in [2.75, 3.05) is 30.3 Å². The van der Waals surface area contributed by atoms with Crippen molar-refractivity contribution < 1.29 is 4.79 Å². The first-order valence-corrected chi connectivity index (χ1v) is 12.4. The highest BCUT2D eigenvalue weighted by Crippen LogP contribution is 2.27. The maximum atomic E-state index is 12.6. The van der Waals surface area contributed by atoms with Crippen LogP contribution in [0.4, 0.5) is 11.5 Å². The molecule has 1 aliphatic heterocycles. The molecule has 1 amide bonds. The van der Waals surface area contributed by atoms with Crippen LogP contribution in [0.15, 0.2) is 59.4 Å². The van der Waals surface area contributed by atoms with Crippen LogP contribution in [0.25, 0.3) is 0 Å². The molecular weight excluding hydrogens is 440 g/mol. The molecule has 168 valence electrons. The smallest absolute Gasteiger partial charge is 0.256 e. The molecule has 32 heavy (non-hydrogen) atoms. The summed E-state index contributed by atoms with van der Waals surface area (Å²) in [5.41, 5.74) is 2.99. The van der Waals surface area contributed by atoms with Crippen LogP contribution in [0, 0.1) is 5.92 Å². The molecule has 2 aromatic heterocycles. The number of thiophene rings is 1. The predicted octanol–water partition coefficient (Wildman–Crippen LogP) is 6.32. The van der Waals surface area contributed by atoms with Gasteiger partial charge in [0.2, 0.25) is 0 Å². The second kappa shape index (κ2) is 10.9. The van der Waals surface area contributed by atoms with Crippen LogP contribution in [-0.2, 0) is 0 Å². The van der Waals surface area contributed by atoms with Crippen molar-refractivity contribution in [2.45, 2.75) is 32.2 Å². The van der Waals surface area contributed by atoms with Gasteiger partial charge in [-0.25, -0.2) is 4.98 Å². The van der Waals surface area contributed by atoms with Gasteiger partial charge in [-0.15, -0.1) is 0 Å². The number of anilines is 2. The summed E-state index contributed by atoms with van der Waals surface area (Å²) in [5, 5.41) is 11.3. The molecule has 1 aromatic carbocycles. The highest BCUT2D eigenvalue weighted by molar-refractivity contribution is 7.07. The van der Waals surface area contributed by atoms with Crippen molar-refractivity contribution in [2.24, 2.45) is 5.92 Å². The molecule has 7 heteroatoms. The molecule has 1 fully saturated rings. The third-order valence-electron chi connectivity index (χ3n) is 6.14. The Hall–Kier alpha value is -2.41. The van der Waals surface area contributed by atoms with Gasteiger partial charge in [0.25, 0.3) is 5.91 Å². The van der Waals surface area contributed by atoms with Gasteiger partial charge in [-0.2, -0.15) is 11.3 Å². The van der Waals surface area contributed by atoms with Gasteiger partial charge in [0.15, 0.2) is 0 Å². The summed E-state index contributed by atoms with van der Waals surface area (Å²) in [5.74, 6) is 0.930.